The van der Waals surface area contributed by atoms with E-state index in [-0.39, 0.29) is 11.2 Å². The van der Waals surface area contributed by atoms with E-state index in [0.717, 1.165) is 35.3 Å². The molecule has 0 radical (unpaired) electrons. The summed E-state index contributed by atoms with van der Waals surface area (Å²) < 4.78 is 1.56. The van der Waals surface area contributed by atoms with Crippen LogP contribution >= 0.6 is 11.8 Å². The van der Waals surface area contributed by atoms with Gasteiger partial charge in [0.15, 0.2) is 5.82 Å². The molecule has 146 valence electrons. The Morgan fingerprint density at radius 2 is 2.04 bits per heavy atom. The van der Waals surface area contributed by atoms with Crippen molar-refractivity contribution >= 4 is 34.3 Å². The van der Waals surface area contributed by atoms with Gasteiger partial charge >= 0.3 is 0 Å². The fourth-order valence-electron chi connectivity index (χ4n) is 3.67. The Hall–Kier alpha value is -2.61. The first-order valence-electron chi connectivity index (χ1n) is 9.65. The zero-order valence-electron chi connectivity index (χ0n) is 15.8. The van der Waals surface area contributed by atoms with Gasteiger partial charge in [0, 0.05) is 17.5 Å². The number of carbonyl (C=O) groups excluding carboxylic acids is 1. The SMILES string of the molecule is C[C@@H](Sc1nnc(C2CCCCC2)n1N)C(=O)Nc1cccc2ncccc12. The predicted octanol–water partition coefficient (Wildman–Crippen LogP) is 3.71. The van der Waals surface area contributed by atoms with E-state index in [9.17, 15) is 4.79 Å². The molecule has 0 spiro atoms. The van der Waals surface area contributed by atoms with Crippen LogP contribution in [0.5, 0.6) is 0 Å². The molecule has 3 N–H and O–H groups in total. The van der Waals surface area contributed by atoms with Gasteiger partial charge in [0.25, 0.3) is 0 Å². The molecule has 2 aromatic heterocycles. The number of pyridine rings is 1. The number of rotatable bonds is 5. The van der Waals surface area contributed by atoms with Gasteiger partial charge in [-0.3, -0.25) is 9.78 Å². The van der Waals surface area contributed by atoms with Crippen LogP contribution in [-0.2, 0) is 4.79 Å². The van der Waals surface area contributed by atoms with Gasteiger partial charge in [0.1, 0.15) is 0 Å². The lowest BCUT2D eigenvalue weighted by Crippen LogP contribution is -2.24. The molecule has 7 nitrogen and oxygen atoms in total. The monoisotopic (exact) mass is 396 g/mol. The van der Waals surface area contributed by atoms with Crippen LogP contribution in [-0.4, -0.2) is 31.0 Å². The topological polar surface area (TPSA) is 98.7 Å². The Kier molecular flexibility index (Phi) is 5.47. The number of amides is 1. The Bertz CT molecular complexity index is 976. The highest BCUT2D eigenvalue weighted by Crippen LogP contribution is 2.33. The van der Waals surface area contributed by atoms with E-state index in [1.165, 1.54) is 31.0 Å². The van der Waals surface area contributed by atoms with Gasteiger partial charge in [0.2, 0.25) is 11.1 Å². The van der Waals surface area contributed by atoms with Crippen LogP contribution in [0.15, 0.2) is 41.7 Å². The summed E-state index contributed by atoms with van der Waals surface area (Å²) in [5.41, 5.74) is 1.60. The summed E-state index contributed by atoms with van der Waals surface area (Å²) in [6.07, 6.45) is 7.63. The maximum Gasteiger partial charge on any atom is 0.237 e. The molecule has 8 heteroatoms. The van der Waals surface area contributed by atoms with E-state index in [4.69, 9.17) is 5.84 Å². The quantitative estimate of drug-likeness (QED) is 0.504. The number of nitrogen functional groups attached to an aromatic ring is 1. The minimum absolute atomic E-state index is 0.108. The Morgan fingerprint density at radius 3 is 2.86 bits per heavy atom. The summed E-state index contributed by atoms with van der Waals surface area (Å²) in [5.74, 6) is 7.33. The number of fused-ring (bicyclic) bond motifs is 1. The summed E-state index contributed by atoms with van der Waals surface area (Å²) in [6, 6.07) is 9.50. The summed E-state index contributed by atoms with van der Waals surface area (Å²) >= 11 is 1.32. The second-order valence-corrected chi connectivity index (χ2v) is 8.48. The molecular formula is C20H24N6OS. The number of benzene rings is 1. The molecule has 1 saturated carbocycles. The number of nitrogens with zero attached hydrogens (tertiary/aromatic N) is 4. The fraction of sp³-hybridized carbons (Fsp3) is 0.400. The zero-order valence-corrected chi connectivity index (χ0v) is 16.7. The molecule has 28 heavy (non-hydrogen) atoms. The van der Waals surface area contributed by atoms with Crippen molar-refractivity contribution in [2.45, 2.75) is 55.4 Å². The molecule has 1 aliphatic carbocycles. The Balaban J connectivity index is 1.45. The highest BCUT2D eigenvalue weighted by molar-refractivity contribution is 8.00. The molecule has 1 aliphatic rings. The van der Waals surface area contributed by atoms with Crippen LogP contribution in [0.2, 0.25) is 0 Å². The van der Waals surface area contributed by atoms with Crippen LogP contribution in [0.3, 0.4) is 0 Å². The molecule has 1 fully saturated rings. The van der Waals surface area contributed by atoms with Crippen molar-refractivity contribution in [2.75, 3.05) is 11.2 Å². The van der Waals surface area contributed by atoms with Crippen molar-refractivity contribution in [3.8, 4) is 0 Å². The van der Waals surface area contributed by atoms with Crippen LogP contribution in [0.1, 0.15) is 50.8 Å². The third kappa shape index (κ3) is 3.82. The smallest absolute Gasteiger partial charge is 0.237 e. The van der Waals surface area contributed by atoms with Crippen LogP contribution in [0.25, 0.3) is 10.9 Å². The Labute approximate surface area is 168 Å². The molecule has 1 amide bonds. The van der Waals surface area contributed by atoms with E-state index in [0.29, 0.717) is 11.1 Å². The first-order valence-corrected chi connectivity index (χ1v) is 10.5. The number of nitrogens with one attached hydrogen (secondary N) is 1. The molecular weight excluding hydrogens is 372 g/mol. The third-order valence-corrected chi connectivity index (χ3v) is 6.27. The average molecular weight is 397 g/mol. The number of hydrogen-bond donors (Lipinski definition) is 2. The van der Waals surface area contributed by atoms with Gasteiger partial charge in [-0.15, -0.1) is 10.2 Å². The largest absolute Gasteiger partial charge is 0.336 e. The third-order valence-electron chi connectivity index (χ3n) is 5.22. The number of nitrogens with two attached hydrogens (primary N) is 1. The summed E-state index contributed by atoms with van der Waals surface area (Å²) in [4.78, 5) is 17.1. The minimum atomic E-state index is -0.363. The second-order valence-electron chi connectivity index (χ2n) is 7.17. The molecule has 1 aromatic carbocycles. The Morgan fingerprint density at radius 1 is 1.21 bits per heavy atom. The van der Waals surface area contributed by atoms with Crippen LogP contribution < -0.4 is 11.2 Å². The molecule has 0 aliphatic heterocycles. The van der Waals surface area contributed by atoms with Crippen LogP contribution in [0.4, 0.5) is 5.69 Å². The normalized spacial score (nSPS) is 16.2. The number of aromatic nitrogens is 4. The first kappa shape index (κ1) is 18.7. The van der Waals surface area contributed by atoms with Crippen molar-refractivity contribution in [1.82, 2.24) is 19.9 Å². The number of carbonyl (C=O) groups is 1. The van der Waals surface area contributed by atoms with Crippen molar-refractivity contribution in [1.29, 1.82) is 0 Å². The molecule has 2 heterocycles. The predicted molar refractivity (Wildman–Crippen MR) is 112 cm³/mol. The molecule has 0 unspecified atom stereocenters. The number of thioether (sulfide) groups is 1. The number of hydrogen-bond acceptors (Lipinski definition) is 6. The van der Waals surface area contributed by atoms with Gasteiger partial charge in [-0.25, -0.2) is 4.68 Å². The fourth-order valence-corrected chi connectivity index (χ4v) is 4.44. The average Bonchev–Trinajstić information content (AvgIpc) is 3.09. The highest BCUT2D eigenvalue weighted by Gasteiger charge is 2.25. The van der Waals surface area contributed by atoms with E-state index in [2.05, 4.69) is 20.5 Å². The minimum Gasteiger partial charge on any atom is -0.336 e. The van der Waals surface area contributed by atoms with E-state index in [1.54, 1.807) is 10.9 Å². The summed E-state index contributed by atoms with van der Waals surface area (Å²) in [6.45, 7) is 1.85. The molecule has 1 atom stereocenters. The second kappa shape index (κ2) is 8.18. The maximum absolute atomic E-state index is 12.7. The van der Waals surface area contributed by atoms with Crippen molar-refractivity contribution < 1.29 is 4.79 Å². The van der Waals surface area contributed by atoms with Crippen molar-refractivity contribution in [2.24, 2.45) is 0 Å². The molecule has 4 rings (SSSR count). The van der Waals surface area contributed by atoms with E-state index < -0.39 is 0 Å². The van der Waals surface area contributed by atoms with Crippen molar-refractivity contribution in [3.05, 3.63) is 42.4 Å². The molecule has 0 bridgehead atoms. The lowest BCUT2D eigenvalue weighted by atomic mass is 9.89. The lowest BCUT2D eigenvalue weighted by molar-refractivity contribution is -0.115. The highest BCUT2D eigenvalue weighted by atomic mass is 32.2. The number of anilines is 1. The van der Waals surface area contributed by atoms with Gasteiger partial charge < -0.3 is 11.2 Å². The van der Waals surface area contributed by atoms with Gasteiger partial charge in [-0.2, -0.15) is 0 Å². The standard InChI is InChI=1S/C20H24N6OS/c1-13(19(27)23-17-11-5-10-16-15(17)9-6-12-22-16)28-20-25-24-18(26(20)21)14-7-3-2-4-8-14/h5-6,9-14H,2-4,7-8,21H2,1H3,(H,23,27)/t13-/m1/s1. The van der Waals surface area contributed by atoms with E-state index in [1.807, 2.05) is 37.3 Å². The zero-order chi connectivity index (χ0) is 19.5. The molecule has 3 aromatic rings. The summed E-state index contributed by atoms with van der Waals surface area (Å²) in [5, 5.41) is 12.7. The lowest BCUT2D eigenvalue weighted by Gasteiger charge is -2.20. The van der Waals surface area contributed by atoms with E-state index >= 15 is 0 Å². The first-order chi connectivity index (χ1) is 13.6. The molecule has 0 saturated heterocycles. The summed E-state index contributed by atoms with van der Waals surface area (Å²) in [7, 11) is 0. The van der Waals surface area contributed by atoms with Gasteiger partial charge in [-0.05, 0) is 44.0 Å². The van der Waals surface area contributed by atoms with Crippen molar-refractivity contribution in [3.63, 3.8) is 0 Å². The van der Waals surface area contributed by atoms with Crippen LogP contribution in [0, 0.1) is 0 Å². The van der Waals surface area contributed by atoms with Gasteiger partial charge in [0.05, 0.1) is 16.5 Å². The van der Waals surface area contributed by atoms with Gasteiger partial charge in [-0.1, -0.05) is 37.1 Å². The maximum atomic E-state index is 12.7.